The van der Waals surface area contributed by atoms with Crippen molar-refractivity contribution in [2.24, 2.45) is 0 Å². The molecule has 0 bridgehead atoms. The number of likely N-dealkylation sites (N-methyl/N-ethyl adjacent to an activating group) is 1. The van der Waals surface area contributed by atoms with Crippen molar-refractivity contribution in [1.29, 1.82) is 0 Å². The van der Waals surface area contributed by atoms with Crippen molar-refractivity contribution in [3.05, 3.63) is 42.0 Å². The van der Waals surface area contributed by atoms with E-state index in [1.807, 2.05) is 0 Å². The van der Waals surface area contributed by atoms with Crippen molar-refractivity contribution in [3.8, 4) is 5.69 Å². The first kappa shape index (κ1) is 19.8. The summed E-state index contributed by atoms with van der Waals surface area (Å²) in [5.41, 5.74) is 0.568. The molecule has 3 rings (SSSR count). The highest BCUT2D eigenvalue weighted by atomic mass is 19.1. The number of benzene rings is 1. The molecule has 0 aliphatic heterocycles. The second kappa shape index (κ2) is 8.39. The molecule has 1 heterocycles. The highest BCUT2D eigenvalue weighted by Crippen LogP contribution is 2.28. The number of carbonyl (C=O) groups excluding carboxylic acids is 2. The number of anilines is 1. The molecule has 9 heteroatoms. The lowest BCUT2D eigenvalue weighted by Gasteiger charge is -2.41. The number of ether oxygens (including phenoxy) is 2. The Labute approximate surface area is 162 Å². The summed E-state index contributed by atoms with van der Waals surface area (Å²) in [6, 6.07) is 5.40. The van der Waals surface area contributed by atoms with E-state index in [-0.39, 0.29) is 36.2 Å². The summed E-state index contributed by atoms with van der Waals surface area (Å²) >= 11 is 0. The van der Waals surface area contributed by atoms with Gasteiger partial charge in [-0.05, 0) is 44.0 Å². The van der Waals surface area contributed by atoms with Crippen molar-refractivity contribution in [2.45, 2.75) is 31.9 Å². The van der Waals surface area contributed by atoms with Crippen LogP contribution in [0.1, 0.15) is 30.3 Å². The number of esters is 1. The first-order valence-electron chi connectivity index (χ1n) is 9.04. The normalized spacial score (nSPS) is 18.3. The van der Waals surface area contributed by atoms with Crippen LogP contribution >= 0.6 is 0 Å². The number of carbonyl (C=O) groups is 2. The predicted octanol–water partition coefficient (Wildman–Crippen LogP) is 2.83. The average Bonchev–Trinajstić information content (AvgIpc) is 3.11. The van der Waals surface area contributed by atoms with Crippen LogP contribution in [0.5, 0.6) is 0 Å². The van der Waals surface area contributed by atoms with Crippen molar-refractivity contribution >= 4 is 17.7 Å². The molecule has 0 radical (unpaired) electrons. The van der Waals surface area contributed by atoms with Crippen LogP contribution in [0.2, 0.25) is 0 Å². The fourth-order valence-corrected chi connectivity index (χ4v) is 3.07. The lowest BCUT2D eigenvalue weighted by molar-refractivity contribution is -0.0252. The second-order valence-electron chi connectivity index (χ2n) is 6.49. The van der Waals surface area contributed by atoms with Crippen LogP contribution in [-0.4, -0.2) is 59.6 Å². The number of hydrogen-bond donors (Lipinski definition) is 1. The smallest absolute Gasteiger partial charge is 0.358 e. The van der Waals surface area contributed by atoms with E-state index in [1.54, 1.807) is 32.0 Å². The van der Waals surface area contributed by atoms with Crippen LogP contribution in [0.3, 0.4) is 0 Å². The molecule has 1 aliphatic carbocycles. The Kier molecular flexibility index (Phi) is 5.93. The number of aromatic nitrogens is 2. The Morgan fingerprint density at radius 2 is 2.14 bits per heavy atom. The minimum absolute atomic E-state index is 0.0134. The third-order valence-corrected chi connectivity index (χ3v) is 4.82. The Hall–Kier alpha value is -2.94. The Morgan fingerprint density at radius 3 is 2.75 bits per heavy atom. The van der Waals surface area contributed by atoms with Crippen LogP contribution in [0.25, 0.3) is 5.69 Å². The molecule has 2 unspecified atom stereocenters. The summed E-state index contributed by atoms with van der Waals surface area (Å²) < 4.78 is 26.0. The molecule has 0 spiro atoms. The Morgan fingerprint density at radius 1 is 1.36 bits per heavy atom. The first-order valence-corrected chi connectivity index (χ1v) is 9.04. The van der Waals surface area contributed by atoms with E-state index in [9.17, 15) is 14.0 Å². The summed E-state index contributed by atoms with van der Waals surface area (Å²) in [5.74, 6) is -1.16. The number of hydrogen-bond acceptors (Lipinski definition) is 5. The van der Waals surface area contributed by atoms with E-state index in [1.165, 1.54) is 29.1 Å². The quantitative estimate of drug-likeness (QED) is 0.767. The lowest BCUT2D eigenvalue weighted by atomic mass is 9.88. The number of methoxy groups -OCH3 is 1. The predicted molar refractivity (Wildman–Crippen MR) is 100 cm³/mol. The highest BCUT2D eigenvalue weighted by Gasteiger charge is 2.36. The van der Waals surface area contributed by atoms with Gasteiger partial charge in [0.2, 0.25) is 0 Å². The fourth-order valence-electron chi connectivity index (χ4n) is 3.07. The van der Waals surface area contributed by atoms with Gasteiger partial charge in [0.25, 0.3) is 0 Å². The third kappa shape index (κ3) is 3.99. The summed E-state index contributed by atoms with van der Waals surface area (Å²) in [6.45, 7) is 1.92. The molecule has 150 valence electrons. The van der Waals surface area contributed by atoms with Gasteiger partial charge >= 0.3 is 12.0 Å². The largest absolute Gasteiger partial charge is 0.461 e. The molecule has 1 saturated carbocycles. The molecule has 2 atom stereocenters. The van der Waals surface area contributed by atoms with Crippen molar-refractivity contribution < 1.29 is 23.5 Å². The molecule has 1 aromatic heterocycles. The SMILES string of the molecule is CCOC(=O)c1ccn(-c2ccc(NC(=O)N(C)C3CCC3OC)cc2F)n1. The summed E-state index contributed by atoms with van der Waals surface area (Å²) in [6.07, 6.45) is 3.29. The summed E-state index contributed by atoms with van der Waals surface area (Å²) in [5, 5.41) is 6.71. The minimum Gasteiger partial charge on any atom is -0.461 e. The van der Waals surface area contributed by atoms with Gasteiger partial charge in [-0.25, -0.2) is 18.7 Å². The van der Waals surface area contributed by atoms with Crippen LogP contribution in [-0.2, 0) is 9.47 Å². The van der Waals surface area contributed by atoms with Gasteiger partial charge in [-0.3, -0.25) is 0 Å². The third-order valence-electron chi connectivity index (χ3n) is 4.82. The van der Waals surface area contributed by atoms with Gasteiger partial charge in [-0.2, -0.15) is 5.10 Å². The van der Waals surface area contributed by atoms with E-state index >= 15 is 0 Å². The van der Waals surface area contributed by atoms with Gasteiger partial charge in [-0.1, -0.05) is 0 Å². The molecule has 1 aromatic carbocycles. The molecule has 1 N–H and O–H groups in total. The lowest BCUT2D eigenvalue weighted by Crippen LogP contribution is -2.53. The zero-order valence-electron chi connectivity index (χ0n) is 16.0. The van der Waals surface area contributed by atoms with Gasteiger partial charge in [0.15, 0.2) is 11.5 Å². The van der Waals surface area contributed by atoms with Gasteiger partial charge < -0.3 is 19.7 Å². The Bertz CT molecular complexity index is 867. The summed E-state index contributed by atoms with van der Waals surface area (Å²) in [4.78, 5) is 25.6. The van der Waals surface area contributed by atoms with Gasteiger partial charge in [-0.15, -0.1) is 0 Å². The van der Waals surface area contributed by atoms with Gasteiger partial charge in [0.1, 0.15) is 5.69 Å². The van der Waals surface area contributed by atoms with Gasteiger partial charge in [0, 0.05) is 26.0 Å². The van der Waals surface area contributed by atoms with Crippen LogP contribution < -0.4 is 5.32 Å². The number of nitrogens with zero attached hydrogens (tertiary/aromatic N) is 3. The van der Waals surface area contributed by atoms with Gasteiger partial charge in [0.05, 0.1) is 18.8 Å². The molecule has 1 fully saturated rings. The zero-order chi connectivity index (χ0) is 20.3. The Balaban J connectivity index is 1.69. The highest BCUT2D eigenvalue weighted by molar-refractivity contribution is 5.89. The topological polar surface area (TPSA) is 85.7 Å². The van der Waals surface area contributed by atoms with Crippen LogP contribution in [0.15, 0.2) is 30.5 Å². The van der Waals surface area contributed by atoms with Crippen LogP contribution in [0, 0.1) is 5.82 Å². The molecule has 0 saturated heterocycles. The van der Waals surface area contributed by atoms with Crippen LogP contribution in [0.4, 0.5) is 14.9 Å². The fraction of sp³-hybridized carbons (Fsp3) is 0.421. The molecular weight excluding hydrogens is 367 g/mol. The zero-order valence-corrected chi connectivity index (χ0v) is 16.0. The molecule has 2 aromatic rings. The monoisotopic (exact) mass is 390 g/mol. The molecule has 28 heavy (non-hydrogen) atoms. The average molecular weight is 390 g/mol. The maximum Gasteiger partial charge on any atom is 0.358 e. The number of halogens is 1. The first-order chi connectivity index (χ1) is 13.4. The molecule has 2 amide bonds. The standard InChI is InChI=1S/C19H23FN4O4/c1-4-28-18(25)14-9-10-24(22-14)15-6-5-12(11-13(15)20)21-19(26)23(2)16-7-8-17(16)27-3/h5-6,9-11,16-17H,4,7-8H2,1-3H3,(H,21,26). The second-order valence-corrected chi connectivity index (χ2v) is 6.49. The van der Waals surface area contributed by atoms with E-state index in [0.717, 1.165) is 12.8 Å². The minimum atomic E-state index is -0.586. The van der Waals surface area contributed by atoms with E-state index in [2.05, 4.69) is 10.4 Å². The van der Waals surface area contributed by atoms with Crippen molar-refractivity contribution in [1.82, 2.24) is 14.7 Å². The molecule has 8 nitrogen and oxygen atoms in total. The van der Waals surface area contributed by atoms with E-state index in [0.29, 0.717) is 5.69 Å². The molecule has 1 aliphatic rings. The number of rotatable bonds is 6. The van der Waals surface area contributed by atoms with Crippen molar-refractivity contribution in [2.75, 3.05) is 26.1 Å². The van der Waals surface area contributed by atoms with Crippen molar-refractivity contribution in [3.63, 3.8) is 0 Å². The maximum absolute atomic E-state index is 14.5. The number of nitrogens with one attached hydrogen (secondary N) is 1. The molecular formula is C19H23FN4O4. The summed E-state index contributed by atoms with van der Waals surface area (Å²) in [7, 11) is 3.32. The maximum atomic E-state index is 14.5. The number of amides is 2. The number of urea groups is 1. The van der Waals surface area contributed by atoms with E-state index < -0.39 is 11.8 Å². The van der Waals surface area contributed by atoms with E-state index in [4.69, 9.17) is 9.47 Å².